The van der Waals surface area contributed by atoms with Crippen molar-refractivity contribution < 1.29 is 0 Å². The van der Waals surface area contributed by atoms with Crippen LogP contribution < -0.4 is 26.7 Å². The van der Waals surface area contributed by atoms with Crippen LogP contribution in [0.4, 0.5) is 17.3 Å². The molecule has 2 atom stereocenters. The molecule has 11 heteroatoms. The molecule has 0 unspecified atom stereocenters. The molecule has 38 heavy (non-hydrogen) atoms. The number of hydrogen-bond donors (Lipinski definition) is 2. The summed E-state index contributed by atoms with van der Waals surface area (Å²) in [5, 5.41) is 11.7. The lowest BCUT2D eigenvalue weighted by atomic mass is 10.1. The van der Waals surface area contributed by atoms with E-state index in [-0.39, 0.29) is 23.7 Å². The Bertz CT molecular complexity index is 1570. The largest absolute Gasteiger partial charge is 0.368 e. The number of benzene rings is 1. The van der Waals surface area contributed by atoms with Gasteiger partial charge in [-0.25, -0.2) is 19.0 Å². The zero-order chi connectivity index (χ0) is 27.0. The smallest absolute Gasteiger partial charge is 0.278 e. The fraction of sp³-hybridized carbons (Fsp3) is 0.370. The number of nitrogens with zero attached hydrogens (tertiary/aromatic N) is 7. The van der Waals surface area contributed by atoms with E-state index >= 15 is 0 Å². The van der Waals surface area contributed by atoms with Crippen molar-refractivity contribution in [2.45, 2.75) is 52.4 Å². The molecule has 4 heterocycles. The highest BCUT2D eigenvalue weighted by Crippen LogP contribution is 2.23. The molecule has 1 aliphatic heterocycles. The van der Waals surface area contributed by atoms with Gasteiger partial charge in [0.25, 0.3) is 11.1 Å². The van der Waals surface area contributed by atoms with E-state index in [0.717, 1.165) is 24.5 Å². The van der Waals surface area contributed by atoms with Gasteiger partial charge in [0, 0.05) is 48.8 Å². The van der Waals surface area contributed by atoms with Crippen molar-refractivity contribution in [3.05, 3.63) is 76.0 Å². The molecule has 3 aromatic heterocycles. The first-order chi connectivity index (χ1) is 18.2. The fourth-order valence-electron chi connectivity index (χ4n) is 4.93. The number of piperazine rings is 1. The number of rotatable bonds is 7. The van der Waals surface area contributed by atoms with Crippen LogP contribution in [0.2, 0.25) is 0 Å². The van der Waals surface area contributed by atoms with E-state index in [1.54, 1.807) is 16.8 Å². The van der Waals surface area contributed by atoms with E-state index in [1.165, 1.54) is 21.6 Å². The zero-order valence-electron chi connectivity index (χ0n) is 22.1. The van der Waals surface area contributed by atoms with Gasteiger partial charge in [0.15, 0.2) is 11.5 Å². The van der Waals surface area contributed by atoms with Gasteiger partial charge in [-0.3, -0.25) is 9.59 Å². The summed E-state index contributed by atoms with van der Waals surface area (Å²) in [5.74, 6) is 0.747. The van der Waals surface area contributed by atoms with E-state index in [2.05, 4.69) is 63.2 Å². The molecule has 0 bridgehead atoms. The molecule has 1 saturated heterocycles. The molecule has 0 radical (unpaired) electrons. The van der Waals surface area contributed by atoms with Crippen molar-refractivity contribution in [3.63, 3.8) is 0 Å². The highest BCUT2D eigenvalue weighted by molar-refractivity contribution is 5.77. The zero-order valence-corrected chi connectivity index (χ0v) is 22.1. The molecule has 1 aliphatic rings. The van der Waals surface area contributed by atoms with E-state index in [0.29, 0.717) is 34.9 Å². The molecular formula is C27H33N9O2. The SMILES string of the molecule is C=CCn1c(=O)c2cnc(Nc3ccc(N4C[C@@H](C)N[C@@H](C)C4)cc3)nc2n1-c1ccc(=O)n(C(C)C)n1. The van der Waals surface area contributed by atoms with Gasteiger partial charge in [0.2, 0.25) is 5.95 Å². The van der Waals surface area contributed by atoms with Gasteiger partial charge >= 0.3 is 0 Å². The van der Waals surface area contributed by atoms with Gasteiger partial charge in [-0.1, -0.05) is 6.08 Å². The third-order valence-corrected chi connectivity index (χ3v) is 6.54. The van der Waals surface area contributed by atoms with Crippen LogP contribution in [0.5, 0.6) is 0 Å². The molecule has 0 amide bonds. The maximum Gasteiger partial charge on any atom is 0.278 e. The van der Waals surface area contributed by atoms with Crippen molar-refractivity contribution in [1.29, 1.82) is 0 Å². The van der Waals surface area contributed by atoms with E-state index in [9.17, 15) is 9.59 Å². The highest BCUT2D eigenvalue weighted by atomic mass is 16.1. The number of allylic oxidation sites excluding steroid dienone is 1. The minimum absolute atomic E-state index is 0.147. The Morgan fingerprint density at radius 2 is 1.82 bits per heavy atom. The standard InChI is InChI=1S/C27H33N9O2/c1-6-13-34-26(38)22-14-28-27(31-25(22)36(34)23-11-12-24(37)35(32-23)17(2)3)30-20-7-9-21(10-8-20)33-15-18(4)29-19(5)16-33/h6-12,14,17-19,29H,1,13,15-16H2,2-5H3,(H,28,30,31)/t18-,19+. The van der Waals surface area contributed by atoms with Crippen LogP contribution >= 0.6 is 0 Å². The normalized spacial score (nSPS) is 17.8. The second kappa shape index (κ2) is 10.3. The Labute approximate surface area is 220 Å². The van der Waals surface area contributed by atoms with Gasteiger partial charge in [-0.05, 0) is 58.0 Å². The molecule has 5 rings (SSSR count). The second-order valence-electron chi connectivity index (χ2n) is 10.0. The number of anilines is 3. The Morgan fingerprint density at radius 1 is 1.11 bits per heavy atom. The van der Waals surface area contributed by atoms with Crippen LogP contribution in [-0.4, -0.2) is 54.3 Å². The predicted molar refractivity (Wildman–Crippen MR) is 150 cm³/mol. The van der Waals surface area contributed by atoms with E-state index in [1.807, 2.05) is 26.0 Å². The minimum Gasteiger partial charge on any atom is -0.368 e. The Morgan fingerprint density at radius 3 is 2.47 bits per heavy atom. The Hall–Kier alpha value is -4.25. The quantitative estimate of drug-likeness (QED) is 0.361. The lowest BCUT2D eigenvalue weighted by Crippen LogP contribution is -2.54. The summed E-state index contributed by atoms with van der Waals surface area (Å²) in [4.78, 5) is 36.9. The molecule has 0 aliphatic carbocycles. The molecule has 2 N–H and O–H groups in total. The predicted octanol–water partition coefficient (Wildman–Crippen LogP) is 2.84. The fourth-order valence-corrected chi connectivity index (χ4v) is 4.93. The molecule has 11 nitrogen and oxygen atoms in total. The summed E-state index contributed by atoms with van der Waals surface area (Å²) in [7, 11) is 0. The lowest BCUT2D eigenvalue weighted by molar-refractivity contribution is 0.407. The summed E-state index contributed by atoms with van der Waals surface area (Å²) in [6.45, 7) is 14.1. The van der Waals surface area contributed by atoms with Crippen LogP contribution in [-0.2, 0) is 6.54 Å². The summed E-state index contributed by atoms with van der Waals surface area (Å²) in [5.41, 5.74) is 1.89. The van der Waals surface area contributed by atoms with Gasteiger partial charge in [0.1, 0.15) is 5.39 Å². The molecule has 1 aromatic carbocycles. The molecule has 0 spiro atoms. The Kier molecular flexibility index (Phi) is 6.85. The van der Waals surface area contributed by atoms with Crippen molar-refractivity contribution in [3.8, 4) is 5.82 Å². The van der Waals surface area contributed by atoms with Crippen LogP contribution in [0.3, 0.4) is 0 Å². The first kappa shape index (κ1) is 25.4. The van der Waals surface area contributed by atoms with E-state index in [4.69, 9.17) is 0 Å². The third kappa shape index (κ3) is 4.84. The Balaban J connectivity index is 1.50. The van der Waals surface area contributed by atoms with Crippen LogP contribution in [0.1, 0.15) is 33.7 Å². The average molecular weight is 516 g/mol. The topological polar surface area (TPSA) is 115 Å². The van der Waals surface area contributed by atoms with Gasteiger partial charge < -0.3 is 15.5 Å². The van der Waals surface area contributed by atoms with Crippen molar-refractivity contribution in [1.82, 2.24) is 34.4 Å². The maximum absolute atomic E-state index is 13.2. The number of aromatic nitrogens is 6. The minimum atomic E-state index is -0.264. The molecule has 4 aromatic rings. The van der Waals surface area contributed by atoms with Gasteiger partial charge in [-0.2, -0.15) is 4.98 Å². The van der Waals surface area contributed by atoms with Crippen molar-refractivity contribution in [2.24, 2.45) is 0 Å². The molecule has 1 fully saturated rings. The first-order valence-electron chi connectivity index (χ1n) is 12.8. The van der Waals surface area contributed by atoms with Crippen LogP contribution in [0, 0.1) is 0 Å². The monoisotopic (exact) mass is 515 g/mol. The first-order valence-corrected chi connectivity index (χ1v) is 12.8. The molecular weight excluding hydrogens is 482 g/mol. The van der Waals surface area contributed by atoms with Crippen molar-refractivity contribution in [2.75, 3.05) is 23.3 Å². The second-order valence-corrected chi connectivity index (χ2v) is 10.0. The number of hydrogen-bond acceptors (Lipinski definition) is 8. The third-order valence-electron chi connectivity index (χ3n) is 6.54. The van der Waals surface area contributed by atoms with Crippen molar-refractivity contribution >= 4 is 28.4 Å². The summed E-state index contributed by atoms with van der Waals surface area (Å²) < 4.78 is 4.48. The summed E-state index contributed by atoms with van der Waals surface area (Å²) in [6, 6.07) is 11.9. The van der Waals surface area contributed by atoms with Gasteiger partial charge in [0.05, 0.1) is 12.6 Å². The molecule has 198 valence electrons. The maximum atomic E-state index is 13.2. The highest BCUT2D eigenvalue weighted by Gasteiger charge is 2.21. The van der Waals surface area contributed by atoms with Crippen LogP contribution in [0.15, 0.2) is 64.8 Å². The van der Waals surface area contributed by atoms with Crippen LogP contribution in [0.25, 0.3) is 16.9 Å². The average Bonchev–Trinajstić information content (AvgIpc) is 3.15. The lowest BCUT2D eigenvalue weighted by Gasteiger charge is -2.37. The number of nitrogens with one attached hydrogen (secondary N) is 2. The van der Waals surface area contributed by atoms with E-state index < -0.39 is 0 Å². The number of fused-ring (bicyclic) bond motifs is 1. The molecule has 0 saturated carbocycles. The summed E-state index contributed by atoms with van der Waals surface area (Å²) >= 11 is 0. The summed E-state index contributed by atoms with van der Waals surface area (Å²) in [6.07, 6.45) is 3.14. The van der Waals surface area contributed by atoms with Gasteiger partial charge in [-0.15, -0.1) is 11.7 Å².